The van der Waals surface area contributed by atoms with Gasteiger partial charge in [-0.2, -0.15) is 0 Å². The van der Waals surface area contributed by atoms with Crippen LogP contribution in [-0.4, -0.2) is 41.7 Å². The Kier molecular flexibility index (Phi) is 55.1. The maximum absolute atomic E-state index is 10.3. The Morgan fingerprint density at radius 2 is 1.12 bits per heavy atom. The fourth-order valence-corrected chi connectivity index (χ4v) is 2.51. The van der Waals surface area contributed by atoms with E-state index in [2.05, 4.69) is 71.9 Å². The number of rotatable bonds is 8. The molecule has 0 spiro atoms. The summed E-state index contributed by atoms with van der Waals surface area (Å²) in [6.45, 7) is 24.0. The smallest absolute Gasteiger partial charge is 0.309 e. The van der Waals surface area contributed by atoms with Crippen LogP contribution >= 0.6 is 0 Å². The highest BCUT2D eigenvalue weighted by Gasteiger charge is 2.23. The number of benzene rings is 1. The summed E-state index contributed by atoms with van der Waals surface area (Å²) in [5, 5.41) is 8.44. The first-order valence-electron chi connectivity index (χ1n) is 10.7. The number of nitrogens with zero attached hydrogens (tertiary/aromatic N) is 1. The van der Waals surface area contributed by atoms with Crippen LogP contribution in [0.15, 0.2) is 30.3 Å². The van der Waals surface area contributed by atoms with Crippen molar-refractivity contribution in [2.75, 3.05) is 26.2 Å². The minimum Gasteiger partial charge on any atom is -1.00 e. The van der Waals surface area contributed by atoms with Crippen molar-refractivity contribution in [1.82, 2.24) is 0 Å². The van der Waals surface area contributed by atoms with E-state index in [9.17, 15) is 4.79 Å². The fourth-order valence-electron chi connectivity index (χ4n) is 2.51. The molecule has 0 aliphatic rings. The number of quaternary nitrogens is 1. The third-order valence-electron chi connectivity index (χ3n) is 6.13. The van der Waals surface area contributed by atoms with Crippen molar-refractivity contribution in [3.05, 3.63) is 35.9 Å². The number of carbonyl (C=O) groups is 1. The summed E-state index contributed by atoms with van der Waals surface area (Å²) in [6.07, 6.45) is 1.91. The molecule has 1 aromatic carbocycles. The molecule has 0 aromatic heterocycles. The van der Waals surface area contributed by atoms with E-state index < -0.39 is 11.4 Å². The molecule has 0 aliphatic carbocycles. The van der Waals surface area contributed by atoms with Crippen molar-refractivity contribution in [3.8, 4) is 0 Å². The summed E-state index contributed by atoms with van der Waals surface area (Å²) in [5.74, 6) is -0.0128. The molecule has 0 radical (unpaired) electrons. The second kappa shape index (κ2) is 31.9. The van der Waals surface area contributed by atoms with Gasteiger partial charge in [0.05, 0.1) is 31.6 Å². The van der Waals surface area contributed by atoms with Crippen molar-refractivity contribution in [3.63, 3.8) is 0 Å². The van der Waals surface area contributed by atoms with E-state index in [-0.39, 0.29) is 57.0 Å². The standard InChI is InChI=1S/C10H14.C8H20N.C6H12O2.6CH4.ClH/c1-3-9(2)10-7-5-4-6-8-10;1-5-9(6-2,7-3)8-4;1-4-6(2,3)5(7)8;;;;;;;/h4-9H,3H2,1-2H3;5-8H2,1-4H3;4H2,1-3H3,(H,7,8);6*1H4;1H/q;+1;;;;;;;;/p-1. The molecule has 0 aliphatic heterocycles. The van der Waals surface area contributed by atoms with Crippen LogP contribution in [0.3, 0.4) is 0 Å². The third-order valence-corrected chi connectivity index (χ3v) is 6.13. The minimum absolute atomic E-state index is 0. The van der Waals surface area contributed by atoms with Gasteiger partial charge in [0.1, 0.15) is 0 Å². The molecule has 0 saturated heterocycles. The van der Waals surface area contributed by atoms with Crippen LogP contribution in [0.2, 0.25) is 0 Å². The highest BCUT2D eigenvalue weighted by Crippen LogP contribution is 2.18. The molecule has 1 aromatic rings. The fraction of sp³-hybridized carbons (Fsp3) is 0.767. The lowest BCUT2D eigenvalue weighted by Crippen LogP contribution is -3.00. The minimum atomic E-state index is -0.722. The quantitative estimate of drug-likeness (QED) is 0.369. The van der Waals surface area contributed by atoms with E-state index in [0.29, 0.717) is 12.3 Å². The second-order valence-corrected chi connectivity index (χ2v) is 7.87. The van der Waals surface area contributed by atoms with Crippen molar-refractivity contribution in [2.24, 2.45) is 5.41 Å². The highest BCUT2D eigenvalue weighted by molar-refractivity contribution is 5.73. The van der Waals surface area contributed by atoms with Crippen LogP contribution in [-0.2, 0) is 4.79 Å². The summed E-state index contributed by atoms with van der Waals surface area (Å²) in [7, 11) is 0. The molecule has 1 N–H and O–H groups in total. The number of carboxylic acid groups (broad SMARTS) is 1. The van der Waals surface area contributed by atoms with Crippen molar-refractivity contribution >= 4 is 5.97 Å². The largest absolute Gasteiger partial charge is 1.00 e. The molecule has 214 valence electrons. The van der Waals surface area contributed by atoms with E-state index in [1.807, 2.05) is 6.92 Å². The molecular weight excluding hydrogens is 442 g/mol. The van der Waals surface area contributed by atoms with Crippen LogP contribution < -0.4 is 12.4 Å². The zero-order valence-corrected chi connectivity index (χ0v) is 20.6. The molecule has 0 bridgehead atoms. The number of hydrogen-bond donors (Lipinski definition) is 1. The lowest BCUT2D eigenvalue weighted by Gasteiger charge is -2.34. The third kappa shape index (κ3) is 24.1. The van der Waals surface area contributed by atoms with E-state index in [1.54, 1.807) is 13.8 Å². The van der Waals surface area contributed by atoms with Gasteiger partial charge in [0.15, 0.2) is 0 Å². The van der Waals surface area contributed by atoms with E-state index >= 15 is 0 Å². The predicted octanol–water partition coefficient (Wildman–Crippen LogP) is 7.41. The maximum atomic E-state index is 10.3. The SMILES string of the molecule is C.C.C.C.C.C.CCC(C)(C)C(=O)O.CCC(C)c1ccccc1.CC[N+](CC)(CC)CC.[Cl-]. The van der Waals surface area contributed by atoms with Crippen molar-refractivity contribution in [1.29, 1.82) is 0 Å². The molecular formula is C30H70ClNO2. The van der Waals surface area contributed by atoms with E-state index in [0.717, 1.165) is 0 Å². The average Bonchev–Trinajstić information content (AvgIpc) is 2.71. The number of aliphatic carboxylic acids is 1. The van der Waals surface area contributed by atoms with Gasteiger partial charge in [0.25, 0.3) is 0 Å². The molecule has 1 atom stereocenters. The molecule has 4 heteroatoms. The Labute approximate surface area is 225 Å². The monoisotopic (exact) mass is 512 g/mol. The van der Waals surface area contributed by atoms with Crippen LogP contribution in [0.4, 0.5) is 0 Å². The Hall–Kier alpha value is -1.06. The average molecular weight is 512 g/mol. The molecule has 0 heterocycles. The zero-order valence-electron chi connectivity index (χ0n) is 19.9. The second-order valence-electron chi connectivity index (χ2n) is 7.87. The lowest BCUT2D eigenvalue weighted by molar-refractivity contribution is -0.921. The molecule has 1 rings (SSSR count). The van der Waals surface area contributed by atoms with Crippen molar-refractivity contribution < 1.29 is 26.8 Å². The van der Waals surface area contributed by atoms with E-state index in [1.165, 1.54) is 42.6 Å². The van der Waals surface area contributed by atoms with Gasteiger partial charge in [0.2, 0.25) is 0 Å². The maximum Gasteiger partial charge on any atom is 0.309 e. The number of hydrogen-bond acceptors (Lipinski definition) is 1. The Bertz CT molecular complexity index is 468. The summed E-state index contributed by atoms with van der Waals surface area (Å²) in [4.78, 5) is 10.3. The van der Waals surface area contributed by atoms with Crippen LogP contribution in [0.25, 0.3) is 0 Å². The van der Waals surface area contributed by atoms with Crippen LogP contribution in [0, 0.1) is 5.41 Å². The van der Waals surface area contributed by atoms with Gasteiger partial charge in [-0.1, -0.05) is 95.7 Å². The van der Waals surface area contributed by atoms with Gasteiger partial charge >= 0.3 is 5.97 Å². The normalized spacial score (nSPS) is 9.68. The summed E-state index contributed by atoms with van der Waals surface area (Å²) >= 11 is 0. The first-order valence-corrected chi connectivity index (χ1v) is 10.7. The lowest BCUT2D eigenvalue weighted by atomic mass is 9.91. The number of carboxylic acids is 1. The van der Waals surface area contributed by atoms with Gasteiger partial charge in [-0.25, -0.2) is 0 Å². The summed E-state index contributed by atoms with van der Waals surface area (Å²) in [6, 6.07) is 10.6. The Morgan fingerprint density at radius 1 is 0.794 bits per heavy atom. The van der Waals surface area contributed by atoms with Crippen LogP contribution in [0.5, 0.6) is 0 Å². The van der Waals surface area contributed by atoms with Gasteiger partial charge in [0, 0.05) is 0 Å². The van der Waals surface area contributed by atoms with Gasteiger partial charge in [-0.15, -0.1) is 0 Å². The summed E-state index contributed by atoms with van der Waals surface area (Å²) in [5.41, 5.74) is 0.907. The molecule has 0 fully saturated rings. The number of halogens is 1. The Morgan fingerprint density at radius 3 is 1.26 bits per heavy atom. The summed E-state index contributed by atoms with van der Waals surface area (Å²) < 4.78 is 1.28. The van der Waals surface area contributed by atoms with Gasteiger partial charge in [-0.05, 0) is 65.9 Å². The predicted molar refractivity (Wildman–Crippen MR) is 160 cm³/mol. The molecule has 34 heavy (non-hydrogen) atoms. The first kappa shape index (κ1) is 58.6. The topological polar surface area (TPSA) is 37.3 Å². The molecule has 0 amide bonds. The zero-order chi connectivity index (χ0) is 21.5. The molecule has 1 unspecified atom stereocenters. The Balaban J connectivity index is -0.0000000359. The van der Waals surface area contributed by atoms with Crippen LogP contribution in [0.1, 0.15) is 131 Å². The molecule has 0 saturated carbocycles. The van der Waals surface area contributed by atoms with Gasteiger partial charge < -0.3 is 22.0 Å². The highest BCUT2D eigenvalue weighted by atomic mass is 35.5. The molecule has 3 nitrogen and oxygen atoms in total. The first-order chi connectivity index (χ1) is 12.6. The van der Waals surface area contributed by atoms with Crippen molar-refractivity contribution in [2.45, 2.75) is 126 Å². The van der Waals surface area contributed by atoms with Gasteiger partial charge in [-0.3, -0.25) is 4.79 Å². The van der Waals surface area contributed by atoms with E-state index in [4.69, 9.17) is 5.11 Å².